The third kappa shape index (κ3) is 6.12. The van der Waals surface area contributed by atoms with Crippen molar-refractivity contribution in [2.24, 2.45) is 4.99 Å². The Balaban J connectivity index is 1.86. The monoisotopic (exact) mass is 410 g/mol. The number of hydrogen-bond acceptors (Lipinski definition) is 3. The predicted octanol–water partition coefficient (Wildman–Crippen LogP) is 2.54. The van der Waals surface area contributed by atoms with Gasteiger partial charge in [-0.3, -0.25) is 4.99 Å². The fourth-order valence-corrected chi connectivity index (χ4v) is 2.81. The third-order valence-electron chi connectivity index (χ3n) is 3.66. The van der Waals surface area contributed by atoms with Gasteiger partial charge in [-0.2, -0.15) is 0 Å². The molecule has 0 bridgehead atoms. The topological polar surface area (TPSA) is 67.1 Å². The molecule has 0 unspecified atom stereocenters. The van der Waals surface area contributed by atoms with E-state index >= 15 is 0 Å². The molecule has 136 valence electrons. The van der Waals surface area contributed by atoms with Crippen LogP contribution in [0.1, 0.15) is 25.2 Å². The summed E-state index contributed by atoms with van der Waals surface area (Å²) in [6, 6.07) is 4.96. The van der Waals surface area contributed by atoms with Gasteiger partial charge in [0.05, 0.1) is 0 Å². The Morgan fingerprint density at radius 2 is 2.16 bits per heavy atom. The highest BCUT2D eigenvalue weighted by Gasteiger charge is 2.04. The van der Waals surface area contributed by atoms with E-state index in [-0.39, 0.29) is 5.82 Å². The van der Waals surface area contributed by atoms with Crippen LogP contribution in [-0.2, 0) is 19.4 Å². The number of rotatable bonds is 8. The van der Waals surface area contributed by atoms with Gasteiger partial charge in [-0.25, -0.2) is 4.39 Å². The first-order valence-electron chi connectivity index (χ1n) is 8.46. The van der Waals surface area contributed by atoms with Gasteiger partial charge in [0.1, 0.15) is 18.0 Å². The summed E-state index contributed by atoms with van der Waals surface area (Å²) in [5.41, 5.74) is 0.658. The Hall–Kier alpha value is -1.96. The molecule has 2 aromatic rings. The van der Waals surface area contributed by atoms with E-state index in [0.717, 1.165) is 35.8 Å². The molecule has 0 fully saturated rings. The van der Waals surface area contributed by atoms with E-state index in [4.69, 9.17) is 0 Å². The van der Waals surface area contributed by atoms with Gasteiger partial charge in [0, 0.05) is 37.1 Å². The second kappa shape index (κ2) is 10.1. The number of aryl methyl sites for hydroxylation is 1. The second-order valence-electron chi connectivity index (χ2n) is 5.47. The van der Waals surface area contributed by atoms with Crippen molar-refractivity contribution in [3.05, 3.63) is 46.2 Å². The van der Waals surface area contributed by atoms with Crippen LogP contribution in [0.3, 0.4) is 0 Å². The van der Waals surface area contributed by atoms with Crippen molar-refractivity contribution >= 4 is 21.9 Å². The molecule has 0 atom stereocenters. The lowest BCUT2D eigenvalue weighted by atomic mass is 10.1. The number of aromatic nitrogens is 3. The summed E-state index contributed by atoms with van der Waals surface area (Å²) in [4.78, 5) is 4.51. The van der Waals surface area contributed by atoms with Gasteiger partial charge in [-0.1, -0.05) is 22.9 Å². The standard InChI is InChI=1S/C17H24BrFN6/c1-3-16-24-23-12-25(16)10-9-22-17(20-4-2)21-8-7-13-11-14(18)5-6-15(13)19/h5-6,11-12H,3-4,7-10H2,1-2H3,(H2,20,21,22). The number of halogens is 2. The van der Waals surface area contributed by atoms with E-state index in [1.165, 1.54) is 6.07 Å². The Labute approximate surface area is 156 Å². The molecule has 0 aliphatic heterocycles. The molecule has 0 spiro atoms. The van der Waals surface area contributed by atoms with Crippen molar-refractivity contribution in [3.63, 3.8) is 0 Å². The van der Waals surface area contributed by atoms with Crippen molar-refractivity contribution < 1.29 is 4.39 Å². The molecule has 1 aromatic carbocycles. The fraction of sp³-hybridized carbons (Fsp3) is 0.471. The van der Waals surface area contributed by atoms with Gasteiger partial charge in [0.25, 0.3) is 0 Å². The zero-order valence-corrected chi connectivity index (χ0v) is 16.2. The van der Waals surface area contributed by atoms with E-state index in [1.807, 2.05) is 11.5 Å². The largest absolute Gasteiger partial charge is 0.357 e. The molecule has 25 heavy (non-hydrogen) atoms. The number of aliphatic imine (C=N–C) groups is 1. The molecular weight excluding hydrogens is 387 g/mol. The van der Waals surface area contributed by atoms with Gasteiger partial charge in [-0.15, -0.1) is 10.2 Å². The van der Waals surface area contributed by atoms with Crippen LogP contribution in [0.4, 0.5) is 4.39 Å². The molecule has 6 nitrogen and oxygen atoms in total. The zero-order valence-electron chi connectivity index (χ0n) is 14.6. The lowest BCUT2D eigenvalue weighted by Gasteiger charge is -2.12. The first-order valence-corrected chi connectivity index (χ1v) is 9.26. The predicted molar refractivity (Wildman–Crippen MR) is 101 cm³/mol. The van der Waals surface area contributed by atoms with Crippen molar-refractivity contribution in [1.29, 1.82) is 0 Å². The lowest BCUT2D eigenvalue weighted by molar-refractivity contribution is 0.608. The maximum atomic E-state index is 13.8. The summed E-state index contributed by atoms with van der Waals surface area (Å²) in [5, 5.41) is 14.5. The highest BCUT2D eigenvalue weighted by atomic mass is 79.9. The first-order chi connectivity index (χ1) is 12.1. The van der Waals surface area contributed by atoms with Crippen molar-refractivity contribution in [2.75, 3.05) is 19.6 Å². The molecule has 2 rings (SSSR count). The van der Waals surface area contributed by atoms with Gasteiger partial charge in [0.15, 0.2) is 5.96 Å². The lowest BCUT2D eigenvalue weighted by Crippen LogP contribution is -2.39. The Morgan fingerprint density at radius 1 is 1.32 bits per heavy atom. The van der Waals surface area contributed by atoms with E-state index in [9.17, 15) is 4.39 Å². The Kier molecular flexibility index (Phi) is 7.84. The Bertz CT molecular complexity index is 700. The molecule has 0 aliphatic rings. The number of benzene rings is 1. The van der Waals surface area contributed by atoms with Gasteiger partial charge >= 0.3 is 0 Å². The van der Waals surface area contributed by atoms with Crippen LogP contribution in [0.2, 0.25) is 0 Å². The summed E-state index contributed by atoms with van der Waals surface area (Å²) in [5.74, 6) is 1.49. The maximum Gasteiger partial charge on any atom is 0.191 e. The summed E-state index contributed by atoms with van der Waals surface area (Å²) in [7, 11) is 0. The van der Waals surface area contributed by atoms with Crippen LogP contribution in [0.25, 0.3) is 0 Å². The van der Waals surface area contributed by atoms with E-state index < -0.39 is 0 Å². The van der Waals surface area contributed by atoms with Gasteiger partial charge in [0.2, 0.25) is 0 Å². The summed E-state index contributed by atoms with van der Waals surface area (Å²) in [6.45, 7) is 6.82. The molecule has 0 saturated carbocycles. The zero-order chi connectivity index (χ0) is 18.1. The van der Waals surface area contributed by atoms with Crippen molar-refractivity contribution in [2.45, 2.75) is 33.2 Å². The smallest absolute Gasteiger partial charge is 0.191 e. The van der Waals surface area contributed by atoms with Crippen LogP contribution in [-0.4, -0.2) is 40.4 Å². The van der Waals surface area contributed by atoms with Gasteiger partial charge < -0.3 is 15.2 Å². The molecule has 0 radical (unpaired) electrons. The number of hydrogen-bond donors (Lipinski definition) is 2. The quantitative estimate of drug-likeness (QED) is 0.518. The Morgan fingerprint density at radius 3 is 2.92 bits per heavy atom. The van der Waals surface area contributed by atoms with E-state index in [2.05, 4.69) is 48.7 Å². The minimum atomic E-state index is -0.198. The highest BCUT2D eigenvalue weighted by Crippen LogP contribution is 2.15. The third-order valence-corrected chi connectivity index (χ3v) is 4.15. The van der Waals surface area contributed by atoms with Crippen LogP contribution >= 0.6 is 15.9 Å². The molecule has 0 aliphatic carbocycles. The molecule has 0 saturated heterocycles. The normalized spacial score (nSPS) is 11.6. The SMILES string of the molecule is CCNC(=NCCc1cc(Br)ccc1F)NCCn1cnnc1CC. The minimum Gasteiger partial charge on any atom is -0.357 e. The minimum absolute atomic E-state index is 0.198. The summed E-state index contributed by atoms with van der Waals surface area (Å²) >= 11 is 3.37. The van der Waals surface area contributed by atoms with Gasteiger partial charge in [-0.05, 0) is 37.1 Å². The van der Waals surface area contributed by atoms with E-state index in [0.29, 0.717) is 25.1 Å². The maximum absolute atomic E-state index is 13.8. The molecule has 1 heterocycles. The molecule has 1 aromatic heterocycles. The molecular formula is C17H24BrFN6. The summed E-state index contributed by atoms with van der Waals surface area (Å²) in [6.07, 6.45) is 3.14. The van der Waals surface area contributed by atoms with Crippen LogP contribution in [0.5, 0.6) is 0 Å². The second-order valence-corrected chi connectivity index (χ2v) is 6.38. The van der Waals surface area contributed by atoms with Crippen LogP contribution < -0.4 is 10.6 Å². The van der Waals surface area contributed by atoms with E-state index in [1.54, 1.807) is 18.5 Å². The number of guanidine groups is 1. The number of nitrogens with zero attached hydrogens (tertiary/aromatic N) is 4. The molecule has 2 N–H and O–H groups in total. The van der Waals surface area contributed by atoms with Crippen molar-refractivity contribution in [1.82, 2.24) is 25.4 Å². The fourth-order valence-electron chi connectivity index (χ4n) is 2.40. The average Bonchev–Trinajstić information content (AvgIpc) is 3.05. The molecule has 0 amide bonds. The summed E-state index contributed by atoms with van der Waals surface area (Å²) < 4.78 is 16.7. The highest BCUT2D eigenvalue weighted by molar-refractivity contribution is 9.10. The average molecular weight is 411 g/mol. The van der Waals surface area contributed by atoms with Crippen LogP contribution in [0.15, 0.2) is 34.0 Å². The number of nitrogens with one attached hydrogen (secondary N) is 2. The molecule has 8 heteroatoms. The van der Waals surface area contributed by atoms with Crippen molar-refractivity contribution in [3.8, 4) is 0 Å². The first kappa shape index (κ1) is 19.4. The van der Waals surface area contributed by atoms with Crippen LogP contribution in [0, 0.1) is 5.82 Å².